The van der Waals surface area contributed by atoms with Crippen LogP contribution in [0.1, 0.15) is 35.6 Å². The molecule has 5 heteroatoms. The molecule has 0 radical (unpaired) electrons. The molecule has 2 aromatic rings. The van der Waals surface area contributed by atoms with Crippen molar-refractivity contribution in [2.75, 3.05) is 0 Å². The summed E-state index contributed by atoms with van der Waals surface area (Å²) in [5.41, 5.74) is 7.19. The third kappa shape index (κ3) is 3.34. The molecule has 4 rings (SSSR count). The summed E-state index contributed by atoms with van der Waals surface area (Å²) in [6, 6.07) is 10.8. The fourth-order valence-corrected chi connectivity index (χ4v) is 5.97. The number of nitrogens with zero attached hydrogens (tertiary/aromatic N) is 2. The van der Waals surface area contributed by atoms with E-state index in [4.69, 9.17) is 0 Å². The first kappa shape index (κ1) is 19.3. The van der Waals surface area contributed by atoms with E-state index in [1.807, 2.05) is 12.3 Å². The summed E-state index contributed by atoms with van der Waals surface area (Å²) in [4.78, 5) is 0. The van der Waals surface area contributed by atoms with E-state index in [0.717, 1.165) is 6.42 Å². The van der Waals surface area contributed by atoms with Gasteiger partial charge in [-0.25, -0.2) is 0 Å². The van der Waals surface area contributed by atoms with Crippen molar-refractivity contribution in [1.82, 2.24) is 9.78 Å². The number of benzene rings is 1. The van der Waals surface area contributed by atoms with Gasteiger partial charge < -0.3 is 24.8 Å². The van der Waals surface area contributed by atoms with E-state index in [-0.39, 0.29) is 44.0 Å². The van der Waals surface area contributed by atoms with Crippen LogP contribution in [-0.2, 0) is 19.2 Å². The molecule has 2 aliphatic rings. The van der Waals surface area contributed by atoms with Gasteiger partial charge in [0.15, 0.2) is 0 Å². The van der Waals surface area contributed by atoms with Crippen molar-refractivity contribution in [2.45, 2.75) is 24.5 Å². The Morgan fingerprint density at radius 2 is 1.92 bits per heavy atom. The van der Waals surface area contributed by atoms with Crippen LogP contribution < -0.4 is 24.8 Å². The number of aromatic nitrogens is 2. The summed E-state index contributed by atoms with van der Waals surface area (Å²) >= 11 is -0.247. The van der Waals surface area contributed by atoms with Gasteiger partial charge in [0.2, 0.25) is 0 Å². The number of hydrogen-bond acceptors (Lipinski definition) is 1. The molecule has 0 saturated carbocycles. The molecule has 0 spiro atoms. The van der Waals surface area contributed by atoms with Crippen molar-refractivity contribution in [3.8, 4) is 0 Å². The number of rotatable bonds is 3. The smallest absolute Gasteiger partial charge is 1.00 e. The maximum absolute atomic E-state index is 4.48. The van der Waals surface area contributed by atoms with Crippen LogP contribution in [-0.4, -0.2) is 9.78 Å². The zero-order valence-electron chi connectivity index (χ0n) is 13.6. The summed E-state index contributed by atoms with van der Waals surface area (Å²) in [5.74, 6) is 0. The normalized spacial score (nSPS) is 18.2. The molecule has 1 aromatic carbocycles. The molecular weight excluding hydrogens is 375 g/mol. The summed E-state index contributed by atoms with van der Waals surface area (Å²) in [6.45, 7) is 4.52. The van der Waals surface area contributed by atoms with Crippen LogP contribution in [0.25, 0.3) is 11.8 Å². The van der Waals surface area contributed by atoms with Crippen LogP contribution in [0.2, 0.25) is 0 Å². The first-order valence-corrected chi connectivity index (χ1v) is 9.36. The Balaban J connectivity index is 0.00000104. The summed E-state index contributed by atoms with van der Waals surface area (Å²) in [5, 5.41) is 4.48. The molecule has 0 saturated heterocycles. The number of halogens is 2. The van der Waals surface area contributed by atoms with Gasteiger partial charge in [-0.1, -0.05) is 0 Å². The van der Waals surface area contributed by atoms with E-state index < -0.39 is 0 Å². The minimum absolute atomic E-state index is 0. The van der Waals surface area contributed by atoms with Crippen molar-refractivity contribution < 1.29 is 44.0 Å². The summed E-state index contributed by atoms with van der Waals surface area (Å²) < 4.78 is 4.27. The van der Waals surface area contributed by atoms with E-state index in [2.05, 4.69) is 66.2 Å². The third-order valence-electron chi connectivity index (χ3n) is 4.65. The van der Waals surface area contributed by atoms with Gasteiger partial charge in [0.1, 0.15) is 0 Å². The second kappa shape index (κ2) is 7.88. The van der Waals surface area contributed by atoms with E-state index in [0.29, 0.717) is 4.22 Å². The molecule has 0 amide bonds. The predicted molar refractivity (Wildman–Crippen MR) is 86.7 cm³/mol. The first-order valence-electron chi connectivity index (χ1n) is 7.68. The molecule has 0 bridgehead atoms. The molecule has 122 valence electrons. The van der Waals surface area contributed by atoms with Crippen molar-refractivity contribution in [3.63, 3.8) is 0 Å². The van der Waals surface area contributed by atoms with Crippen molar-refractivity contribution >= 4 is 11.8 Å². The molecular formula is C19H18Cl2N2Ti. The van der Waals surface area contributed by atoms with E-state index in [1.165, 1.54) is 28.0 Å². The second-order valence-corrected chi connectivity index (χ2v) is 8.22. The number of fused-ring (bicyclic) bond motifs is 1. The van der Waals surface area contributed by atoms with Crippen LogP contribution in [0.4, 0.5) is 0 Å². The minimum atomic E-state index is -0.247. The van der Waals surface area contributed by atoms with E-state index in [1.54, 1.807) is 3.88 Å². The molecule has 24 heavy (non-hydrogen) atoms. The van der Waals surface area contributed by atoms with Gasteiger partial charge in [-0.05, 0) is 0 Å². The largest absolute Gasteiger partial charge is 1.00 e. The molecule has 0 fully saturated rings. The topological polar surface area (TPSA) is 17.8 Å². The summed E-state index contributed by atoms with van der Waals surface area (Å²) in [7, 11) is 0. The van der Waals surface area contributed by atoms with Gasteiger partial charge >= 0.3 is 140 Å². The average Bonchev–Trinajstić information content (AvgIpc) is 3.23. The van der Waals surface area contributed by atoms with E-state index in [9.17, 15) is 0 Å². The quantitative estimate of drug-likeness (QED) is 0.590. The van der Waals surface area contributed by atoms with Crippen LogP contribution in [0, 0.1) is 0 Å². The molecule has 0 N–H and O–H groups in total. The fourth-order valence-electron chi connectivity index (χ4n) is 3.22. The fraction of sp³-hybridized carbons (Fsp3) is 0.211. The SMILES string of the molecule is CC1=CC[C]([Ti+2][CH]2C(n3cccn3)=Cc3ccccc32)=C1C.[Cl-].[Cl-]. The maximum atomic E-state index is 4.48. The molecule has 0 aliphatic heterocycles. The Labute approximate surface area is 164 Å². The standard InChI is InChI=1S/C12H9N2.C7H9.2ClH.Ti/c1-2-5-11-9-12(8-10(11)4-1)14-7-3-6-13-14;1-6-4-3-5-7(6)2;;;/h1-9H;4H,3H2,1-2H3;2*1H;/q;;;;+2/p-2. The number of hydrogen-bond donors (Lipinski definition) is 0. The van der Waals surface area contributed by atoms with Gasteiger partial charge in [-0.15, -0.1) is 0 Å². The Kier molecular flexibility index (Phi) is 6.33. The van der Waals surface area contributed by atoms with Gasteiger partial charge in [-0.2, -0.15) is 0 Å². The monoisotopic (exact) mass is 392 g/mol. The molecule has 1 aromatic heterocycles. The van der Waals surface area contributed by atoms with Gasteiger partial charge in [0.25, 0.3) is 0 Å². The Bertz CT molecular complexity index is 820. The van der Waals surface area contributed by atoms with Crippen LogP contribution >= 0.6 is 0 Å². The molecule has 1 unspecified atom stereocenters. The molecule has 2 aliphatic carbocycles. The van der Waals surface area contributed by atoms with Gasteiger partial charge in [0, 0.05) is 0 Å². The minimum Gasteiger partial charge on any atom is -1.00 e. The Morgan fingerprint density at radius 3 is 2.58 bits per heavy atom. The molecule has 2 nitrogen and oxygen atoms in total. The van der Waals surface area contributed by atoms with Crippen molar-refractivity contribution in [3.05, 3.63) is 75.0 Å². The van der Waals surface area contributed by atoms with Gasteiger partial charge in [-0.3, -0.25) is 0 Å². The summed E-state index contributed by atoms with van der Waals surface area (Å²) in [6.07, 6.45) is 9.79. The van der Waals surface area contributed by atoms with Crippen LogP contribution in [0.5, 0.6) is 0 Å². The van der Waals surface area contributed by atoms with Crippen molar-refractivity contribution in [1.29, 1.82) is 0 Å². The second-order valence-electron chi connectivity index (χ2n) is 5.92. The Morgan fingerprint density at radius 1 is 1.12 bits per heavy atom. The van der Waals surface area contributed by atoms with Crippen LogP contribution in [0.3, 0.4) is 0 Å². The average molecular weight is 393 g/mol. The van der Waals surface area contributed by atoms with Gasteiger partial charge in [0.05, 0.1) is 0 Å². The van der Waals surface area contributed by atoms with Crippen molar-refractivity contribution in [2.24, 2.45) is 0 Å². The zero-order chi connectivity index (χ0) is 15.1. The molecule has 1 heterocycles. The zero-order valence-corrected chi connectivity index (χ0v) is 16.7. The maximum Gasteiger partial charge on any atom is -1.00 e. The Hall–Kier alpha value is -1.06. The first-order chi connectivity index (χ1) is 10.7. The van der Waals surface area contributed by atoms with Crippen LogP contribution in [0.15, 0.2) is 63.8 Å². The third-order valence-corrected chi connectivity index (χ3v) is 7.50. The predicted octanol–water partition coefficient (Wildman–Crippen LogP) is -1.35. The number of allylic oxidation sites excluding steroid dienone is 5. The van der Waals surface area contributed by atoms with E-state index >= 15 is 0 Å². The molecule has 1 atom stereocenters.